The zero-order valence-electron chi connectivity index (χ0n) is 7.80. The first-order valence-corrected chi connectivity index (χ1v) is 5.48. The van der Waals surface area contributed by atoms with Crippen molar-refractivity contribution in [1.82, 2.24) is 0 Å². The summed E-state index contributed by atoms with van der Waals surface area (Å²) < 4.78 is 0. The lowest BCUT2D eigenvalue weighted by atomic mass is 9.89. The highest BCUT2D eigenvalue weighted by Gasteiger charge is 2.22. The molecule has 2 heteroatoms. The summed E-state index contributed by atoms with van der Waals surface area (Å²) in [5, 5.41) is 2.33. The predicted molar refractivity (Wildman–Crippen MR) is 57.1 cm³/mol. The van der Waals surface area contributed by atoms with E-state index in [-0.39, 0.29) is 10.8 Å². The van der Waals surface area contributed by atoms with Gasteiger partial charge in [-0.3, -0.25) is 0 Å². The van der Waals surface area contributed by atoms with Crippen molar-refractivity contribution >= 4 is 22.9 Å². The van der Waals surface area contributed by atoms with Crippen molar-refractivity contribution < 1.29 is 0 Å². The minimum absolute atomic E-state index is 0.200. The molecule has 0 nitrogen and oxygen atoms in total. The summed E-state index contributed by atoms with van der Waals surface area (Å²) in [7, 11) is 0. The van der Waals surface area contributed by atoms with Gasteiger partial charge in [-0.25, -0.2) is 0 Å². The fourth-order valence-electron chi connectivity index (χ4n) is 0.912. The van der Waals surface area contributed by atoms with Gasteiger partial charge in [-0.15, -0.1) is 22.9 Å². The molecule has 1 atom stereocenters. The van der Waals surface area contributed by atoms with Gasteiger partial charge in [0.2, 0.25) is 0 Å². The Kier molecular flexibility index (Phi) is 3.19. The molecule has 1 heterocycles. The van der Waals surface area contributed by atoms with Crippen molar-refractivity contribution in [2.75, 3.05) is 0 Å². The summed E-state index contributed by atoms with van der Waals surface area (Å²) in [5.74, 6) is 0. The van der Waals surface area contributed by atoms with E-state index in [2.05, 4.69) is 38.3 Å². The predicted octanol–water partition coefficient (Wildman–Crippen LogP) is 3.94. The Hall–Kier alpha value is -0.0100. The third-order valence-corrected chi connectivity index (χ3v) is 3.61. The van der Waals surface area contributed by atoms with Gasteiger partial charge in [0, 0.05) is 10.3 Å². The SMILES string of the molecule is CC(C)(C)C(Cl)Cc1cccs1. The second kappa shape index (κ2) is 3.80. The van der Waals surface area contributed by atoms with Crippen LogP contribution in [0, 0.1) is 5.41 Å². The van der Waals surface area contributed by atoms with Gasteiger partial charge in [0.1, 0.15) is 0 Å². The number of alkyl halides is 1. The molecule has 0 spiro atoms. The Morgan fingerprint density at radius 1 is 1.50 bits per heavy atom. The molecule has 0 saturated carbocycles. The first-order chi connectivity index (χ1) is 5.50. The molecule has 0 aliphatic carbocycles. The zero-order chi connectivity index (χ0) is 9.19. The maximum absolute atomic E-state index is 6.26. The van der Waals surface area contributed by atoms with Crippen LogP contribution < -0.4 is 0 Å². The number of thiophene rings is 1. The van der Waals surface area contributed by atoms with E-state index in [9.17, 15) is 0 Å². The molecule has 1 aromatic rings. The quantitative estimate of drug-likeness (QED) is 0.638. The van der Waals surface area contributed by atoms with Gasteiger partial charge in [-0.1, -0.05) is 26.8 Å². The smallest absolute Gasteiger partial charge is 0.0432 e. The van der Waals surface area contributed by atoms with E-state index < -0.39 is 0 Å². The van der Waals surface area contributed by atoms with Crippen molar-refractivity contribution in [3.05, 3.63) is 22.4 Å². The van der Waals surface area contributed by atoms with E-state index in [0.717, 1.165) is 6.42 Å². The molecule has 0 aliphatic rings. The minimum Gasteiger partial charge on any atom is -0.149 e. The van der Waals surface area contributed by atoms with Gasteiger partial charge >= 0.3 is 0 Å². The lowest BCUT2D eigenvalue weighted by molar-refractivity contribution is 0.387. The lowest BCUT2D eigenvalue weighted by Gasteiger charge is -2.24. The Labute approximate surface area is 83.6 Å². The third-order valence-electron chi connectivity index (χ3n) is 1.90. The van der Waals surface area contributed by atoms with Crippen LogP contribution in [-0.4, -0.2) is 5.38 Å². The van der Waals surface area contributed by atoms with Crippen LogP contribution in [0.2, 0.25) is 0 Å². The molecule has 0 radical (unpaired) electrons. The monoisotopic (exact) mass is 202 g/mol. The second-order valence-electron chi connectivity index (χ2n) is 4.12. The average Bonchev–Trinajstić information content (AvgIpc) is 2.37. The molecule has 1 aromatic heterocycles. The molecule has 0 amide bonds. The van der Waals surface area contributed by atoms with E-state index in [1.54, 1.807) is 11.3 Å². The van der Waals surface area contributed by atoms with Crippen LogP contribution in [0.5, 0.6) is 0 Å². The van der Waals surface area contributed by atoms with Crippen molar-refractivity contribution in [2.45, 2.75) is 32.6 Å². The highest BCUT2D eigenvalue weighted by Crippen LogP contribution is 2.28. The van der Waals surface area contributed by atoms with Crippen LogP contribution in [-0.2, 0) is 6.42 Å². The molecule has 0 aliphatic heterocycles. The van der Waals surface area contributed by atoms with Crippen LogP contribution in [0.4, 0.5) is 0 Å². The fourth-order valence-corrected chi connectivity index (χ4v) is 1.92. The maximum atomic E-state index is 6.26. The standard InChI is InChI=1S/C10H15ClS/c1-10(2,3)9(11)7-8-5-4-6-12-8/h4-6,9H,7H2,1-3H3. The first kappa shape index (κ1) is 10.1. The van der Waals surface area contributed by atoms with E-state index in [4.69, 9.17) is 11.6 Å². The molecule has 0 bridgehead atoms. The molecule has 0 aromatic carbocycles. The molecular formula is C10H15ClS. The van der Waals surface area contributed by atoms with Gasteiger partial charge in [-0.05, 0) is 23.3 Å². The van der Waals surface area contributed by atoms with Crippen LogP contribution in [0.15, 0.2) is 17.5 Å². The summed E-state index contributed by atoms with van der Waals surface area (Å²) in [5.41, 5.74) is 0.200. The summed E-state index contributed by atoms with van der Waals surface area (Å²) in [4.78, 5) is 1.38. The molecular weight excluding hydrogens is 188 g/mol. The van der Waals surface area contributed by atoms with Crippen molar-refractivity contribution in [1.29, 1.82) is 0 Å². The molecule has 68 valence electrons. The highest BCUT2D eigenvalue weighted by molar-refractivity contribution is 7.09. The summed E-state index contributed by atoms with van der Waals surface area (Å²) >= 11 is 8.04. The van der Waals surface area contributed by atoms with E-state index in [1.807, 2.05) is 0 Å². The summed E-state index contributed by atoms with van der Waals surface area (Å²) in [6.45, 7) is 6.54. The molecule has 12 heavy (non-hydrogen) atoms. The van der Waals surface area contributed by atoms with Crippen LogP contribution >= 0.6 is 22.9 Å². The zero-order valence-corrected chi connectivity index (χ0v) is 9.38. The number of rotatable bonds is 2. The fraction of sp³-hybridized carbons (Fsp3) is 0.600. The van der Waals surface area contributed by atoms with Gasteiger partial charge < -0.3 is 0 Å². The molecule has 1 unspecified atom stereocenters. The Morgan fingerprint density at radius 3 is 2.58 bits per heavy atom. The number of hydrogen-bond donors (Lipinski definition) is 0. The van der Waals surface area contributed by atoms with E-state index >= 15 is 0 Å². The second-order valence-corrected chi connectivity index (χ2v) is 5.68. The number of halogens is 1. The Morgan fingerprint density at radius 2 is 2.17 bits per heavy atom. The van der Waals surface area contributed by atoms with Crippen molar-refractivity contribution in [3.8, 4) is 0 Å². The van der Waals surface area contributed by atoms with Crippen molar-refractivity contribution in [2.24, 2.45) is 5.41 Å². The first-order valence-electron chi connectivity index (χ1n) is 4.16. The number of hydrogen-bond acceptors (Lipinski definition) is 1. The Bertz CT molecular complexity index is 220. The van der Waals surface area contributed by atoms with E-state index in [0.29, 0.717) is 0 Å². The van der Waals surface area contributed by atoms with E-state index in [1.165, 1.54) is 4.88 Å². The molecule has 0 N–H and O–H groups in total. The van der Waals surface area contributed by atoms with Crippen molar-refractivity contribution in [3.63, 3.8) is 0 Å². The third kappa shape index (κ3) is 2.80. The minimum atomic E-state index is 0.200. The topological polar surface area (TPSA) is 0 Å². The van der Waals surface area contributed by atoms with Crippen LogP contribution in [0.25, 0.3) is 0 Å². The summed E-state index contributed by atoms with van der Waals surface area (Å²) in [6, 6.07) is 4.22. The summed E-state index contributed by atoms with van der Waals surface area (Å²) in [6.07, 6.45) is 0.989. The molecule has 0 saturated heterocycles. The average molecular weight is 203 g/mol. The maximum Gasteiger partial charge on any atom is 0.0432 e. The van der Waals surface area contributed by atoms with Gasteiger partial charge in [0.25, 0.3) is 0 Å². The van der Waals surface area contributed by atoms with Crippen LogP contribution in [0.3, 0.4) is 0 Å². The molecule has 1 rings (SSSR count). The van der Waals surface area contributed by atoms with Gasteiger partial charge in [-0.2, -0.15) is 0 Å². The normalized spacial score (nSPS) is 14.7. The Balaban J connectivity index is 2.53. The largest absolute Gasteiger partial charge is 0.149 e. The lowest BCUT2D eigenvalue weighted by Crippen LogP contribution is -2.22. The van der Waals surface area contributed by atoms with Crippen LogP contribution in [0.1, 0.15) is 25.6 Å². The highest BCUT2D eigenvalue weighted by atomic mass is 35.5. The van der Waals surface area contributed by atoms with Gasteiger partial charge in [0.15, 0.2) is 0 Å². The molecule has 0 fully saturated rings. The van der Waals surface area contributed by atoms with Gasteiger partial charge in [0.05, 0.1) is 0 Å².